The molecule has 1 aliphatic rings. The normalized spacial score (nSPS) is 19.7. The minimum Gasteiger partial charge on any atom is -0.352 e. The number of sulfonamides is 1. The minimum absolute atomic E-state index is 0.210. The van der Waals surface area contributed by atoms with Crippen LogP contribution >= 0.6 is 12.2 Å². The molecular weight excluding hydrogens is 376 g/mol. The molecule has 4 rings (SSSR count). The molecule has 1 saturated heterocycles. The van der Waals surface area contributed by atoms with Gasteiger partial charge in [0.1, 0.15) is 0 Å². The molecule has 0 unspecified atom stereocenters. The Kier molecular flexibility index (Phi) is 4.68. The summed E-state index contributed by atoms with van der Waals surface area (Å²) in [5, 5.41) is 3.43. The Bertz CT molecular complexity index is 1040. The topological polar surface area (TPSA) is 49.4 Å². The van der Waals surface area contributed by atoms with Gasteiger partial charge in [-0.05, 0) is 35.5 Å². The standard InChI is InChI=1S/C21H18N2O2S2/c24-27(25,18-14-8-3-9-15-18)23-20(17-12-6-2-7-13-17)19(22-21(23)26)16-10-4-1-5-11-16/h1-15,19-20H,(H,22,26)/t19-,20+/m0/s1. The highest BCUT2D eigenvalue weighted by Crippen LogP contribution is 2.42. The van der Waals surface area contributed by atoms with Gasteiger partial charge in [0.25, 0.3) is 10.0 Å². The van der Waals surface area contributed by atoms with E-state index in [0.29, 0.717) is 0 Å². The van der Waals surface area contributed by atoms with Crippen molar-refractivity contribution in [1.29, 1.82) is 0 Å². The van der Waals surface area contributed by atoms with Crippen LogP contribution in [0.25, 0.3) is 0 Å². The second-order valence-electron chi connectivity index (χ2n) is 6.31. The van der Waals surface area contributed by atoms with Gasteiger partial charge in [-0.3, -0.25) is 0 Å². The molecule has 0 aliphatic carbocycles. The maximum atomic E-state index is 13.4. The smallest absolute Gasteiger partial charge is 0.266 e. The summed E-state index contributed by atoms with van der Waals surface area (Å²) in [4.78, 5) is 0.226. The van der Waals surface area contributed by atoms with Gasteiger partial charge in [-0.2, -0.15) is 0 Å². The Morgan fingerprint density at radius 3 is 1.78 bits per heavy atom. The number of nitrogens with zero attached hydrogens (tertiary/aromatic N) is 1. The van der Waals surface area contributed by atoms with Crippen molar-refractivity contribution >= 4 is 27.4 Å². The molecule has 3 aromatic rings. The van der Waals surface area contributed by atoms with Gasteiger partial charge in [-0.25, -0.2) is 12.7 Å². The highest BCUT2D eigenvalue weighted by molar-refractivity contribution is 7.91. The lowest BCUT2D eigenvalue weighted by Crippen LogP contribution is -2.35. The second kappa shape index (κ2) is 7.13. The lowest BCUT2D eigenvalue weighted by Gasteiger charge is -2.27. The van der Waals surface area contributed by atoms with Gasteiger partial charge in [0.2, 0.25) is 0 Å². The minimum atomic E-state index is -3.80. The molecular formula is C21H18N2O2S2. The summed E-state index contributed by atoms with van der Waals surface area (Å²) in [5.74, 6) is 0. The maximum absolute atomic E-state index is 13.4. The highest BCUT2D eigenvalue weighted by Gasteiger charge is 2.45. The molecule has 27 heavy (non-hydrogen) atoms. The Hall–Kier alpha value is -2.70. The molecule has 1 N–H and O–H groups in total. The molecule has 1 fully saturated rings. The van der Waals surface area contributed by atoms with Gasteiger partial charge >= 0.3 is 0 Å². The zero-order valence-electron chi connectivity index (χ0n) is 14.4. The summed E-state index contributed by atoms with van der Waals surface area (Å²) in [6.45, 7) is 0. The number of rotatable bonds is 4. The molecule has 0 aromatic heterocycles. The first kappa shape index (κ1) is 17.7. The van der Waals surface area contributed by atoms with E-state index in [4.69, 9.17) is 12.2 Å². The van der Waals surface area contributed by atoms with Gasteiger partial charge in [-0.1, -0.05) is 78.9 Å². The van der Waals surface area contributed by atoms with Crippen molar-refractivity contribution in [3.8, 4) is 0 Å². The van der Waals surface area contributed by atoms with Crippen LogP contribution in [0.2, 0.25) is 0 Å². The van der Waals surface area contributed by atoms with E-state index in [1.807, 2.05) is 60.7 Å². The largest absolute Gasteiger partial charge is 0.352 e. The third-order valence-corrected chi connectivity index (χ3v) is 6.87. The summed E-state index contributed by atoms with van der Waals surface area (Å²) < 4.78 is 28.1. The molecule has 2 atom stereocenters. The van der Waals surface area contributed by atoms with Gasteiger partial charge in [-0.15, -0.1) is 0 Å². The van der Waals surface area contributed by atoms with Crippen LogP contribution in [0.1, 0.15) is 23.2 Å². The fourth-order valence-corrected chi connectivity index (χ4v) is 5.48. The number of thiocarbonyl (C=S) groups is 1. The molecule has 6 heteroatoms. The molecule has 1 aliphatic heterocycles. The number of hydrogen-bond donors (Lipinski definition) is 1. The van der Waals surface area contributed by atoms with E-state index >= 15 is 0 Å². The molecule has 1 heterocycles. The van der Waals surface area contributed by atoms with E-state index < -0.39 is 16.1 Å². The van der Waals surface area contributed by atoms with Crippen molar-refractivity contribution in [1.82, 2.24) is 9.62 Å². The van der Waals surface area contributed by atoms with Gasteiger partial charge < -0.3 is 5.32 Å². The predicted molar refractivity (Wildman–Crippen MR) is 110 cm³/mol. The van der Waals surface area contributed by atoms with Crippen molar-refractivity contribution in [2.45, 2.75) is 17.0 Å². The fourth-order valence-electron chi connectivity index (χ4n) is 3.41. The van der Waals surface area contributed by atoms with Crippen molar-refractivity contribution in [2.24, 2.45) is 0 Å². The molecule has 0 amide bonds. The molecule has 0 spiro atoms. The fraction of sp³-hybridized carbons (Fsp3) is 0.0952. The monoisotopic (exact) mass is 394 g/mol. The molecule has 0 saturated carbocycles. The van der Waals surface area contributed by atoms with Crippen molar-refractivity contribution in [2.75, 3.05) is 0 Å². The first-order chi connectivity index (χ1) is 13.1. The maximum Gasteiger partial charge on any atom is 0.266 e. The number of nitrogens with one attached hydrogen (secondary N) is 1. The molecule has 3 aromatic carbocycles. The lowest BCUT2D eigenvalue weighted by atomic mass is 9.95. The van der Waals surface area contributed by atoms with Crippen LogP contribution in [-0.2, 0) is 10.0 Å². The quantitative estimate of drug-likeness (QED) is 0.679. The molecule has 4 nitrogen and oxygen atoms in total. The Morgan fingerprint density at radius 1 is 0.741 bits per heavy atom. The zero-order valence-corrected chi connectivity index (χ0v) is 16.0. The Labute approximate surface area is 164 Å². The molecule has 0 bridgehead atoms. The van der Waals surface area contributed by atoms with Crippen LogP contribution in [0.4, 0.5) is 0 Å². The Morgan fingerprint density at radius 2 is 1.22 bits per heavy atom. The summed E-state index contributed by atoms with van der Waals surface area (Å²) in [7, 11) is -3.80. The highest BCUT2D eigenvalue weighted by atomic mass is 32.2. The van der Waals surface area contributed by atoms with Crippen LogP contribution in [0, 0.1) is 0 Å². The van der Waals surface area contributed by atoms with Crippen molar-refractivity contribution in [3.05, 3.63) is 102 Å². The average Bonchev–Trinajstić information content (AvgIpc) is 3.08. The zero-order chi connectivity index (χ0) is 18.9. The van der Waals surface area contributed by atoms with Crippen LogP contribution in [0.15, 0.2) is 95.9 Å². The summed E-state index contributed by atoms with van der Waals surface area (Å²) in [6, 6.07) is 27.1. The molecule has 0 radical (unpaired) electrons. The third kappa shape index (κ3) is 3.22. The van der Waals surface area contributed by atoms with E-state index in [1.54, 1.807) is 30.3 Å². The summed E-state index contributed by atoms with van der Waals surface area (Å²) in [6.07, 6.45) is 0. The van der Waals surface area contributed by atoms with Gasteiger partial charge in [0.05, 0.1) is 17.0 Å². The predicted octanol–water partition coefficient (Wildman–Crippen LogP) is 4.05. The second-order valence-corrected chi connectivity index (χ2v) is 8.51. The van der Waals surface area contributed by atoms with Gasteiger partial charge in [0.15, 0.2) is 5.11 Å². The van der Waals surface area contributed by atoms with Crippen molar-refractivity contribution < 1.29 is 8.42 Å². The van der Waals surface area contributed by atoms with E-state index in [-0.39, 0.29) is 16.0 Å². The summed E-state index contributed by atoms with van der Waals surface area (Å²) >= 11 is 5.48. The lowest BCUT2D eigenvalue weighted by molar-refractivity contribution is 0.424. The molecule has 136 valence electrons. The van der Waals surface area contributed by atoms with Crippen LogP contribution in [0.5, 0.6) is 0 Å². The van der Waals surface area contributed by atoms with E-state index in [2.05, 4.69) is 5.32 Å². The van der Waals surface area contributed by atoms with E-state index in [0.717, 1.165) is 11.1 Å². The number of hydrogen-bond acceptors (Lipinski definition) is 3. The summed E-state index contributed by atoms with van der Waals surface area (Å²) in [5.41, 5.74) is 1.87. The SMILES string of the molecule is O=S(=O)(c1ccccc1)N1C(=S)N[C@@H](c2ccccc2)[C@H]1c1ccccc1. The van der Waals surface area contributed by atoms with E-state index in [1.165, 1.54) is 4.31 Å². The Balaban J connectivity index is 1.86. The third-order valence-electron chi connectivity index (χ3n) is 4.65. The van der Waals surface area contributed by atoms with Crippen LogP contribution in [0.3, 0.4) is 0 Å². The van der Waals surface area contributed by atoms with Crippen LogP contribution < -0.4 is 5.32 Å². The van der Waals surface area contributed by atoms with Crippen LogP contribution in [-0.4, -0.2) is 17.8 Å². The number of benzene rings is 3. The first-order valence-corrected chi connectivity index (χ1v) is 10.4. The first-order valence-electron chi connectivity index (χ1n) is 8.59. The van der Waals surface area contributed by atoms with Crippen molar-refractivity contribution in [3.63, 3.8) is 0 Å². The van der Waals surface area contributed by atoms with Gasteiger partial charge in [0, 0.05) is 0 Å². The van der Waals surface area contributed by atoms with E-state index in [9.17, 15) is 8.42 Å². The average molecular weight is 395 g/mol.